The van der Waals surface area contributed by atoms with E-state index in [9.17, 15) is 19.5 Å². The van der Waals surface area contributed by atoms with Crippen molar-refractivity contribution in [3.63, 3.8) is 0 Å². The minimum Gasteiger partial charge on any atom is -0.479 e. The number of carboxylic acid groups (broad SMARTS) is 1. The highest BCUT2D eigenvalue weighted by Gasteiger charge is 2.44. The van der Waals surface area contributed by atoms with Crippen molar-refractivity contribution in [1.29, 1.82) is 0 Å². The molecule has 7 nitrogen and oxygen atoms in total. The summed E-state index contributed by atoms with van der Waals surface area (Å²) in [6.07, 6.45) is 1.32. The maximum atomic E-state index is 12.7. The fourth-order valence-electron chi connectivity index (χ4n) is 2.94. The van der Waals surface area contributed by atoms with Gasteiger partial charge in [0.05, 0.1) is 5.41 Å². The quantitative estimate of drug-likeness (QED) is 0.679. The van der Waals surface area contributed by atoms with E-state index in [0.717, 1.165) is 12.8 Å². The molecule has 0 aromatic carbocycles. The summed E-state index contributed by atoms with van der Waals surface area (Å²) < 4.78 is 10.5. The summed E-state index contributed by atoms with van der Waals surface area (Å²) in [7, 11) is 0. The molecule has 25 heavy (non-hydrogen) atoms. The molecule has 0 aromatic heterocycles. The number of carbonyl (C=O) groups is 3. The Balaban J connectivity index is 2.74. The van der Waals surface area contributed by atoms with Crippen LogP contribution in [-0.2, 0) is 19.1 Å². The SMILES string of the molecule is CC(C)CC(OC(=O)C1(CNC(=O)OC(C)(C)C)CCCC1)C(=O)O. The highest BCUT2D eigenvalue weighted by Crippen LogP contribution is 2.39. The maximum Gasteiger partial charge on any atom is 0.407 e. The summed E-state index contributed by atoms with van der Waals surface area (Å²) in [6.45, 7) is 9.12. The van der Waals surface area contributed by atoms with Crippen molar-refractivity contribution in [2.45, 2.75) is 78.4 Å². The number of amides is 1. The zero-order valence-corrected chi connectivity index (χ0v) is 15.9. The number of nitrogens with one attached hydrogen (secondary N) is 1. The molecule has 1 saturated carbocycles. The van der Waals surface area contributed by atoms with E-state index in [4.69, 9.17) is 9.47 Å². The van der Waals surface area contributed by atoms with Crippen LogP contribution in [0.3, 0.4) is 0 Å². The first-order valence-corrected chi connectivity index (χ1v) is 8.86. The zero-order chi connectivity index (χ0) is 19.3. The fourth-order valence-corrected chi connectivity index (χ4v) is 2.94. The van der Waals surface area contributed by atoms with Crippen LogP contribution in [0, 0.1) is 11.3 Å². The van der Waals surface area contributed by atoms with Gasteiger partial charge in [-0.25, -0.2) is 9.59 Å². The lowest BCUT2D eigenvalue weighted by atomic mass is 9.86. The third-order valence-electron chi connectivity index (χ3n) is 4.17. The lowest BCUT2D eigenvalue weighted by Gasteiger charge is -2.29. The number of carbonyl (C=O) groups excluding carboxylic acids is 2. The number of rotatable bonds is 7. The molecule has 1 rings (SSSR count). The standard InChI is InChI=1S/C18H31NO6/c1-12(2)10-13(14(20)21)24-15(22)18(8-6-7-9-18)11-19-16(23)25-17(3,4)5/h12-13H,6-11H2,1-5H3,(H,19,23)(H,20,21). The van der Waals surface area contributed by atoms with Gasteiger partial charge < -0.3 is 19.9 Å². The average Bonchev–Trinajstić information content (AvgIpc) is 2.92. The van der Waals surface area contributed by atoms with Gasteiger partial charge in [-0.05, 0) is 46.0 Å². The molecule has 1 aliphatic carbocycles. The zero-order valence-electron chi connectivity index (χ0n) is 15.9. The molecule has 1 amide bonds. The fraction of sp³-hybridized carbons (Fsp3) is 0.833. The predicted octanol–water partition coefficient (Wildman–Crippen LogP) is 3.11. The topological polar surface area (TPSA) is 102 Å². The molecular weight excluding hydrogens is 326 g/mol. The maximum absolute atomic E-state index is 12.7. The number of carboxylic acids is 1. The first-order valence-electron chi connectivity index (χ1n) is 8.86. The Labute approximate surface area is 149 Å². The largest absolute Gasteiger partial charge is 0.479 e. The summed E-state index contributed by atoms with van der Waals surface area (Å²) >= 11 is 0. The smallest absolute Gasteiger partial charge is 0.407 e. The van der Waals surface area contributed by atoms with Gasteiger partial charge in [0.2, 0.25) is 0 Å². The van der Waals surface area contributed by atoms with E-state index in [1.165, 1.54) is 0 Å². The van der Waals surface area contributed by atoms with Crippen LogP contribution in [-0.4, -0.2) is 41.4 Å². The Morgan fingerprint density at radius 1 is 1.16 bits per heavy atom. The molecule has 0 aliphatic heterocycles. The van der Waals surface area contributed by atoms with Gasteiger partial charge in [-0.1, -0.05) is 26.7 Å². The number of hydrogen-bond acceptors (Lipinski definition) is 5. The van der Waals surface area contributed by atoms with Crippen LogP contribution in [0.5, 0.6) is 0 Å². The van der Waals surface area contributed by atoms with Crippen molar-refractivity contribution in [1.82, 2.24) is 5.32 Å². The first-order chi connectivity index (χ1) is 11.4. The molecule has 0 aromatic rings. The summed E-state index contributed by atoms with van der Waals surface area (Å²) in [5.74, 6) is -1.60. The van der Waals surface area contributed by atoms with Gasteiger partial charge in [-0.2, -0.15) is 0 Å². The summed E-state index contributed by atoms with van der Waals surface area (Å²) in [5.41, 5.74) is -1.50. The van der Waals surface area contributed by atoms with Gasteiger partial charge >= 0.3 is 18.0 Å². The first kappa shape index (κ1) is 21.3. The highest BCUT2D eigenvalue weighted by molar-refractivity contribution is 5.82. The second-order valence-corrected chi connectivity index (χ2v) is 8.20. The molecule has 1 atom stereocenters. The third kappa shape index (κ3) is 6.92. The molecule has 7 heteroatoms. The van der Waals surface area contributed by atoms with Crippen LogP contribution in [0.1, 0.15) is 66.7 Å². The molecule has 1 aliphatic rings. The van der Waals surface area contributed by atoms with Gasteiger partial charge in [0, 0.05) is 6.54 Å². The second-order valence-electron chi connectivity index (χ2n) is 8.20. The number of esters is 1. The Bertz CT molecular complexity index is 488. The normalized spacial score (nSPS) is 17.8. The van der Waals surface area contributed by atoms with Crippen LogP contribution in [0.4, 0.5) is 4.79 Å². The molecular formula is C18H31NO6. The Kier molecular flexibility index (Phi) is 7.26. The van der Waals surface area contributed by atoms with Crippen molar-refractivity contribution in [3.8, 4) is 0 Å². The Morgan fingerprint density at radius 2 is 1.72 bits per heavy atom. The predicted molar refractivity (Wildman–Crippen MR) is 92.1 cm³/mol. The molecule has 0 radical (unpaired) electrons. The summed E-state index contributed by atoms with van der Waals surface area (Å²) in [5, 5.41) is 11.9. The lowest BCUT2D eigenvalue weighted by molar-refractivity contribution is -0.172. The third-order valence-corrected chi connectivity index (χ3v) is 4.17. The van der Waals surface area contributed by atoms with Crippen molar-refractivity contribution in [3.05, 3.63) is 0 Å². The summed E-state index contributed by atoms with van der Waals surface area (Å²) in [4.78, 5) is 35.9. The van der Waals surface area contributed by atoms with Crippen molar-refractivity contribution >= 4 is 18.0 Å². The Morgan fingerprint density at radius 3 is 2.16 bits per heavy atom. The number of alkyl carbamates (subject to hydrolysis) is 1. The van der Waals surface area contributed by atoms with Crippen molar-refractivity contribution < 1.29 is 29.0 Å². The lowest BCUT2D eigenvalue weighted by Crippen LogP contribution is -2.45. The molecule has 144 valence electrons. The molecule has 0 spiro atoms. The van der Waals surface area contributed by atoms with Crippen LogP contribution in [0.2, 0.25) is 0 Å². The van der Waals surface area contributed by atoms with Crippen molar-refractivity contribution in [2.24, 2.45) is 11.3 Å². The Hall–Kier alpha value is -1.79. The molecule has 0 heterocycles. The molecule has 2 N–H and O–H groups in total. The van der Waals surface area contributed by atoms with Crippen LogP contribution in [0.15, 0.2) is 0 Å². The van der Waals surface area contributed by atoms with E-state index in [1.54, 1.807) is 20.8 Å². The van der Waals surface area contributed by atoms with E-state index in [-0.39, 0.29) is 18.9 Å². The van der Waals surface area contributed by atoms with E-state index < -0.39 is 35.2 Å². The van der Waals surface area contributed by atoms with E-state index >= 15 is 0 Å². The minimum atomic E-state index is -1.16. The molecule has 1 unspecified atom stereocenters. The van der Waals surface area contributed by atoms with E-state index in [2.05, 4.69) is 5.32 Å². The number of hydrogen-bond donors (Lipinski definition) is 2. The number of aliphatic carboxylic acids is 1. The van der Waals surface area contributed by atoms with E-state index in [1.807, 2.05) is 13.8 Å². The second kappa shape index (κ2) is 8.54. The highest BCUT2D eigenvalue weighted by atomic mass is 16.6. The van der Waals surface area contributed by atoms with Gasteiger partial charge in [-0.3, -0.25) is 4.79 Å². The molecule has 0 saturated heterocycles. The van der Waals surface area contributed by atoms with Gasteiger partial charge in [0.25, 0.3) is 0 Å². The van der Waals surface area contributed by atoms with E-state index in [0.29, 0.717) is 12.8 Å². The summed E-state index contributed by atoms with van der Waals surface area (Å²) in [6, 6.07) is 0. The van der Waals surface area contributed by atoms with Crippen LogP contribution < -0.4 is 5.32 Å². The average molecular weight is 357 g/mol. The van der Waals surface area contributed by atoms with Crippen LogP contribution >= 0.6 is 0 Å². The monoisotopic (exact) mass is 357 g/mol. The van der Waals surface area contributed by atoms with Gasteiger partial charge in [0.15, 0.2) is 6.10 Å². The molecule has 1 fully saturated rings. The number of ether oxygens (including phenoxy) is 2. The van der Waals surface area contributed by atoms with Crippen LogP contribution in [0.25, 0.3) is 0 Å². The van der Waals surface area contributed by atoms with Crippen molar-refractivity contribution in [2.75, 3.05) is 6.54 Å². The minimum absolute atomic E-state index is 0.0910. The van der Waals surface area contributed by atoms with Gasteiger partial charge in [0.1, 0.15) is 5.60 Å². The molecule has 0 bridgehead atoms. The van der Waals surface area contributed by atoms with Gasteiger partial charge in [-0.15, -0.1) is 0 Å².